The molecular weight excluding hydrogens is 266 g/mol. The number of fused-ring (bicyclic) bond motifs is 1. The van der Waals surface area contributed by atoms with Crippen LogP contribution in [0.1, 0.15) is 32.1 Å². The van der Waals surface area contributed by atoms with Gasteiger partial charge in [-0.3, -0.25) is 5.10 Å². The van der Waals surface area contributed by atoms with Gasteiger partial charge in [-0.2, -0.15) is 15.1 Å². The second-order valence-electron chi connectivity index (χ2n) is 4.93. The van der Waals surface area contributed by atoms with Crippen LogP contribution < -0.4 is 5.32 Å². The van der Waals surface area contributed by atoms with Crippen molar-refractivity contribution in [2.24, 2.45) is 0 Å². The maximum atomic E-state index is 10.1. The number of anilines is 1. The smallest absolute Gasteiger partial charge is 0.226 e. The van der Waals surface area contributed by atoms with Gasteiger partial charge in [0.1, 0.15) is 5.82 Å². The molecule has 0 radical (unpaired) electrons. The standard InChI is InChI=1S/C12H16ClN5O/c13-12-16-10(7-6-14-18-11(7)17-12)15-8-4-2-1-3-5-9(8)19/h6,8-9,19H,1-5H2,(H2,14,15,16,17,18). The molecule has 102 valence electrons. The maximum absolute atomic E-state index is 10.1. The summed E-state index contributed by atoms with van der Waals surface area (Å²) in [5, 5.41) is 21.1. The summed E-state index contributed by atoms with van der Waals surface area (Å²) in [5.41, 5.74) is 0.602. The molecular formula is C12H16ClN5O. The van der Waals surface area contributed by atoms with Gasteiger partial charge in [-0.1, -0.05) is 19.3 Å². The predicted molar refractivity (Wildman–Crippen MR) is 73.2 cm³/mol. The fourth-order valence-corrected chi connectivity index (χ4v) is 2.72. The Morgan fingerprint density at radius 3 is 3.00 bits per heavy atom. The summed E-state index contributed by atoms with van der Waals surface area (Å²) in [4.78, 5) is 8.27. The van der Waals surface area contributed by atoms with E-state index in [-0.39, 0.29) is 17.4 Å². The van der Waals surface area contributed by atoms with Crippen LogP contribution in [0, 0.1) is 0 Å². The summed E-state index contributed by atoms with van der Waals surface area (Å²) >= 11 is 5.89. The van der Waals surface area contributed by atoms with E-state index in [0.717, 1.165) is 31.1 Å². The number of hydrogen-bond acceptors (Lipinski definition) is 5. The summed E-state index contributed by atoms with van der Waals surface area (Å²) in [5.74, 6) is 0.634. The average molecular weight is 282 g/mol. The Hall–Kier alpha value is -1.40. The van der Waals surface area contributed by atoms with Gasteiger partial charge in [-0.25, -0.2) is 0 Å². The molecule has 0 spiro atoms. The number of aliphatic hydroxyl groups excluding tert-OH is 1. The lowest BCUT2D eigenvalue weighted by molar-refractivity contribution is 0.144. The van der Waals surface area contributed by atoms with E-state index >= 15 is 0 Å². The van der Waals surface area contributed by atoms with E-state index in [0.29, 0.717) is 11.5 Å². The molecule has 1 saturated carbocycles. The topological polar surface area (TPSA) is 86.7 Å². The summed E-state index contributed by atoms with van der Waals surface area (Å²) in [7, 11) is 0. The number of H-pyrrole nitrogens is 1. The van der Waals surface area contributed by atoms with Gasteiger partial charge in [0.05, 0.1) is 23.7 Å². The third kappa shape index (κ3) is 2.64. The van der Waals surface area contributed by atoms with Gasteiger partial charge >= 0.3 is 0 Å². The molecule has 1 aliphatic rings. The fraction of sp³-hybridized carbons (Fsp3) is 0.583. The van der Waals surface area contributed by atoms with Crippen LogP contribution in [-0.4, -0.2) is 37.4 Å². The van der Waals surface area contributed by atoms with Gasteiger partial charge < -0.3 is 10.4 Å². The normalized spacial score (nSPS) is 24.3. The molecule has 2 unspecified atom stereocenters. The Morgan fingerprint density at radius 1 is 1.26 bits per heavy atom. The van der Waals surface area contributed by atoms with E-state index < -0.39 is 0 Å². The molecule has 7 heteroatoms. The second kappa shape index (κ2) is 5.30. The van der Waals surface area contributed by atoms with Gasteiger partial charge in [-0.15, -0.1) is 0 Å². The second-order valence-corrected chi connectivity index (χ2v) is 5.27. The zero-order valence-electron chi connectivity index (χ0n) is 10.4. The number of rotatable bonds is 2. The van der Waals surface area contributed by atoms with Crippen LogP contribution in [0.3, 0.4) is 0 Å². The number of nitrogens with zero attached hydrogens (tertiary/aromatic N) is 3. The highest BCUT2D eigenvalue weighted by atomic mass is 35.5. The average Bonchev–Trinajstić information content (AvgIpc) is 2.75. The Labute approximate surface area is 115 Å². The molecule has 2 aromatic rings. The third-order valence-electron chi connectivity index (χ3n) is 3.58. The molecule has 19 heavy (non-hydrogen) atoms. The van der Waals surface area contributed by atoms with E-state index in [2.05, 4.69) is 25.5 Å². The lowest BCUT2D eigenvalue weighted by Gasteiger charge is -2.22. The number of aromatic nitrogens is 4. The molecule has 2 aromatic heterocycles. The van der Waals surface area contributed by atoms with E-state index in [4.69, 9.17) is 11.6 Å². The number of aromatic amines is 1. The van der Waals surface area contributed by atoms with Gasteiger partial charge in [-0.05, 0) is 24.4 Å². The Morgan fingerprint density at radius 2 is 2.11 bits per heavy atom. The molecule has 2 atom stereocenters. The maximum Gasteiger partial charge on any atom is 0.226 e. The van der Waals surface area contributed by atoms with Crippen LogP contribution in [0.15, 0.2) is 6.20 Å². The van der Waals surface area contributed by atoms with Crippen LogP contribution in [0.4, 0.5) is 5.82 Å². The SMILES string of the molecule is OC1CCCCCC1Nc1nc(Cl)nc2[nH]ncc12. The molecule has 0 aliphatic heterocycles. The molecule has 1 fully saturated rings. The minimum atomic E-state index is -0.349. The first-order chi connectivity index (χ1) is 9.24. The summed E-state index contributed by atoms with van der Waals surface area (Å²) in [6, 6.07) is 0.00608. The van der Waals surface area contributed by atoms with Crippen LogP contribution in [-0.2, 0) is 0 Å². The van der Waals surface area contributed by atoms with Crippen molar-refractivity contribution in [2.75, 3.05) is 5.32 Å². The number of hydrogen-bond donors (Lipinski definition) is 3. The van der Waals surface area contributed by atoms with Crippen molar-refractivity contribution in [3.05, 3.63) is 11.5 Å². The highest BCUT2D eigenvalue weighted by molar-refractivity contribution is 6.28. The van der Waals surface area contributed by atoms with Gasteiger partial charge in [0.15, 0.2) is 5.65 Å². The number of halogens is 1. The van der Waals surface area contributed by atoms with Crippen molar-refractivity contribution in [1.82, 2.24) is 20.2 Å². The van der Waals surface area contributed by atoms with E-state index in [9.17, 15) is 5.11 Å². The molecule has 6 nitrogen and oxygen atoms in total. The molecule has 3 rings (SSSR count). The van der Waals surface area contributed by atoms with Crippen molar-refractivity contribution in [1.29, 1.82) is 0 Å². The molecule has 1 aliphatic carbocycles. The lowest BCUT2D eigenvalue weighted by atomic mass is 10.1. The van der Waals surface area contributed by atoms with Crippen LogP contribution in [0.2, 0.25) is 5.28 Å². The van der Waals surface area contributed by atoms with Gasteiger partial charge in [0.2, 0.25) is 5.28 Å². The zero-order valence-corrected chi connectivity index (χ0v) is 11.2. The molecule has 0 aromatic carbocycles. The van der Waals surface area contributed by atoms with Crippen molar-refractivity contribution in [3.8, 4) is 0 Å². The minimum Gasteiger partial charge on any atom is -0.391 e. The van der Waals surface area contributed by atoms with Crippen LogP contribution in [0.25, 0.3) is 11.0 Å². The fourth-order valence-electron chi connectivity index (χ4n) is 2.55. The van der Waals surface area contributed by atoms with Gasteiger partial charge in [0, 0.05) is 0 Å². The summed E-state index contributed by atoms with van der Waals surface area (Å²) < 4.78 is 0. The molecule has 2 heterocycles. The zero-order chi connectivity index (χ0) is 13.2. The van der Waals surface area contributed by atoms with Crippen molar-refractivity contribution >= 4 is 28.5 Å². The first-order valence-corrected chi connectivity index (χ1v) is 6.93. The Bertz CT molecular complexity index is 572. The van der Waals surface area contributed by atoms with Crippen LogP contribution in [0.5, 0.6) is 0 Å². The molecule has 0 bridgehead atoms. The highest BCUT2D eigenvalue weighted by Gasteiger charge is 2.23. The van der Waals surface area contributed by atoms with Crippen molar-refractivity contribution < 1.29 is 5.11 Å². The first kappa shape index (κ1) is 12.6. The summed E-state index contributed by atoms with van der Waals surface area (Å²) in [6.45, 7) is 0. The largest absolute Gasteiger partial charge is 0.391 e. The van der Waals surface area contributed by atoms with Crippen molar-refractivity contribution in [3.63, 3.8) is 0 Å². The molecule has 0 amide bonds. The third-order valence-corrected chi connectivity index (χ3v) is 3.75. The number of nitrogens with one attached hydrogen (secondary N) is 2. The first-order valence-electron chi connectivity index (χ1n) is 6.55. The van der Waals surface area contributed by atoms with E-state index in [1.54, 1.807) is 6.20 Å². The van der Waals surface area contributed by atoms with Crippen molar-refractivity contribution in [2.45, 2.75) is 44.2 Å². The highest BCUT2D eigenvalue weighted by Crippen LogP contribution is 2.25. The molecule has 0 saturated heterocycles. The minimum absolute atomic E-state index is 0.00608. The lowest BCUT2D eigenvalue weighted by Crippen LogP contribution is -2.32. The van der Waals surface area contributed by atoms with E-state index in [1.165, 1.54) is 6.42 Å². The Kier molecular flexibility index (Phi) is 3.52. The quantitative estimate of drug-likeness (QED) is 0.580. The Balaban J connectivity index is 1.89. The number of aliphatic hydroxyl groups is 1. The van der Waals surface area contributed by atoms with Gasteiger partial charge in [0.25, 0.3) is 0 Å². The molecule has 3 N–H and O–H groups in total. The predicted octanol–water partition coefficient (Wildman–Crippen LogP) is 2.11. The van der Waals surface area contributed by atoms with E-state index in [1.807, 2.05) is 0 Å². The van der Waals surface area contributed by atoms with Crippen LogP contribution >= 0.6 is 11.6 Å². The summed E-state index contributed by atoms with van der Waals surface area (Å²) in [6.07, 6.45) is 6.43. The monoisotopic (exact) mass is 281 g/mol.